The van der Waals surface area contributed by atoms with Gasteiger partial charge in [0.25, 0.3) is 5.91 Å². The summed E-state index contributed by atoms with van der Waals surface area (Å²) in [6.45, 7) is 5.12. The fourth-order valence-corrected chi connectivity index (χ4v) is 5.26. The lowest BCUT2D eigenvalue weighted by Crippen LogP contribution is -2.43. The maximum Gasteiger partial charge on any atom is 0.254 e. The van der Waals surface area contributed by atoms with Crippen LogP contribution in [0.2, 0.25) is 0 Å². The lowest BCUT2D eigenvalue weighted by atomic mass is 10.0. The molecule has 4 rings (SSSR count). The van der Waals surface area contributed by atoms with E-state index in [0.29, 0.717) is 18.7 Å². The summed E-state index contributed by atoms with van der Waals surface area (Å²) in [7, 11) is 0. The molecule has 2 aromatic carbocycles. The molecule has 190 valence electrons. The van der Waals surface area contributed by atoms with Gasteiger partial charge in [0.1, 0.15) is 12.4 Å². The third kappa shape index (κ3) is 7.03. The molecule has 2 amide bonds. The van der Waals surface area contributed by atoms with Gasteiger partial charge in [-0.15, -0.1) is 11.3 Å². The van der Waals surface area contributed by atoms with Crippen molar-refractivity contribution in [3.05, 3.63) is 92.9 Å². The highest BCUT2D eigenvalue weighted by molar-refractivity contribution is 7.10. The van der Waals surface area contributed by atoms with Gasteiger partial charge < -0.3 is 9.80 Å². The van der Waals surface area contributed by atoms with Crippen molar-refractivity contribution >= 4 is 23.2 Å². The van der Waals surface area contributed by atoms with Crippen LogP contribution in [-0.2, 0) is 24.3 Å². The van der Waals surface area contributed by atoms with E-state index >= 15 is 0 Å². The number of halogens is 1. The summed E-state index contributed by atoms with van der Waals surface area (Å²) in [5, 5.41) is 2.02. The zero-order chi connectivity index (χ0) is 25.5. The molecule has 3 aromatic rings. The average Bonchev–Trinajstić information content (AvgIpc) is 3.65. The molecule has 36 heavy (non-hydrogen) atoms. The summed E-state index contributed by atoms with van der Waals surface area (Å²) in [5.41, 5.74) is 3.88. The number of thiophene rings is 1. The Morgan fingerprint density at radius 2 is 1.64 bits per heavy atom. The van der Waals surface area contributed by atoms with Crippen molar-refractivity contribution in [2.75, 3.05) is 6.54 Å². The lowest BCUT2D eigenvalue weighted by Gasteiger charge is -2.28. The number of unbranched alkanes of at least 4 members (excludes halogenated alkanes) is 2. The number of amides is 2. The van der Waals surface area contributed by atoms with Crippen LogP contribution in [0.15, 0.2) is 60.0 Å². The standard InChI is InChI=1S/C30H35FN2O2S/c1-3-4-5-6-23-7-11-25(12-8-23)30(35)33(27-15-16-27)21-29(34)32(20-28-22(2)17-18-36-28)19-24-9-13-26(31)14-10-24/h7-14,17-18,27H,3-6,15-16,19-21H2,1-2H3. The fourth-order valence-electron chi connectivity index (χ4n) is 4.34. The SMILES string of the molecule is CCCCCc1ccc(C(=O)N(CC(=O)N(Cc2ccc(F)cc2)Cc2sccc2C)C2CC2)cc1. The van der Waals surface area contributed by atoms with Gasteiger partial charge in [0.05, 0.1) is 6.54 Å². The van der Waals surface area contributed by atoms with Crippen LogP contribution >= 0.6 is 11.3 Å². The van der Waals surface area contributed by atoms with Crippen molar-refractivity contribution < 1.29 is 14.0 Å². The van der Waals surface area contributed by atoms with Gasteiger partial charge in [-0.25, -0.2) is 4.39 Å². The van der Waals surface area contributed by atoms with E-state index < -0.39 is 0 Å². The molecule has 0 radical (unpaired) electrons. The summed E-state index contributed by atoms with van der Waals surface area (Å²) in [6, 6.07) is 16.3. The Balaban J connectivity index is 1.48. The zero-order valence-electron chi connectivity index (χ0n) is 21.2. The number of nitrogens with zero attached hydrogens (tertiary/aromatic N) is 2. The van der Waals surface area contributed by atoms with Crippen molar-refractivity contribution in [2.24, 2.45) is 0 Å². The Labute approximate surface area is 217 Å². The van der Waals surface area contributed by atoms with E-state index in [1.165, 1.54) is 30.5 Å². The highest BCUT2D eigenvalue weighted by atomic mass is 32.1. The van der Waals surface area contributed by atoms with E-state index in [1.54, 1.807) is 33.3 Å². The highest BCUT2D eigenvalue weighted by Gasteiger charge is 2.35. The number of aryl methyl sites for hydroxylation is 2. The number of hydrogen-bond acceptors (Lipinski definition) is 3. The number of benzene rings is 2. The molecule has 6 heteroatoms. The van der Waals surface area contributed by atoms with E-state index in [-0.39, 0.29) is 30.2 Å². The second-order valence-electron chi connectivity index (χ2n) is 9.72. The minimum absolute atomic E-state index is 0.0490. The van der Waals surface area contributed by atoms with Crippen LogP contribution in [0.3, 0.4) is 0 Å². The Kier molecular flexibility index (Phi) is 8.92. The smallest absolute Gasteiger partial charge is 0.254 e. The topological polar surface area (TPSA) is 40.6 Å². The molecule has 1 aliphatic rings. The lowest BCUT2D eigenvalue weighted by molar-refractivity contribution is -0.133. The number of rotatable bonds is 12. The first-order valence-corrected chi connectivity index (χ1v) is 13.8. The van der Waals surface area contributed by atoms with Crippen LogP contribution in [0.1, 0.15) is 71.0 Å². The third-order valence-electron chi connectivity index (χ3n) is 6.77. The van der Waals surface area contributed by atoms with Gasteiger partial charge in [0.15, 0.2) is 0 Å². The monoisotopic (exact) mass is 506 g/mol. The second-order valence-corrected chi connectivity index (χ2v) is 10.7. The molecule has 0 saturated heterocycles. The second kappa shape index (κ2) is 12.3. The van der Waals surface area contributed by atoms with Gasteiger partial charge in [-0.05, 0) is 85.0 Å². The Hall–Kier alpha value is -2.99. The largest absolute Gasteiger partial charge is 0.332 e. The van der Waals surface area contributed by atoms with E-state index in [0.717, 1.165) is 41.7 Å². The van der Waals surface area contributed by atoms with Crippen molar-refractivity contribution in [3.63, 3.8) is 0 Å². The summed E-state index contributed by atoms with van der Waals surface area (Å²) >= 11 is 1.62. The van der Waals surface area contributed by atoms with Crippen molar-refractivity contribution in [2.45, 2.75) is 71.5 Å². The van der Waals surface area contributed by atoms with E-state index in [4.69, 9.17) is 0 Å². The first-order chi connectivity index (χ1) is 17.4. The molecule has 4 nitrogen and oxygen atoms in total. The van der Waals surface area contributed by atoms with Gasteiger partial charge in [-0.1, -0.05) is 44.0 Å². The van der Waals surface area contributed by atoms with Crippen LogP contribution in [0, 0.1) is 12.7 Å². The third-order valence-corrected chi connectivity index (χ3v) is 7.77. The van der Waals surface area contributed by atoms with E-state index in [9.17, 15) is 14.0 Å². The van der Waals surface area contributed by atoms with Gasteiger partial charge in [0.2, 0.25) is 5.91 Å². The van der Waals surface area contributed by atoms with Crippen LogP contribution in [0.4, 0.5) is 4.39 Å². The Bertz CT molecular complexity index is 1150. The van der Waals surface area contributed by atoms with Crippen LogP contribution in [-0.4, -0.2) is 34.2 Å². The minimum Gasteiger partial charge on any atom is -0.332 e. The molecule has 1 aliphatic carbocycles. The fraction of sp³-hybridized carbons (Fsp3) is 0.400. The minimum atomic E-state index is -0.299. The molecule has 0 unspecified atom stereocenters. The molecule has 0 aliphatic heterocycles. The molecule has 1 aromatic heterocycles. The predicted molar refractivity (Wildman–Crippen MR) is 143 cm³/mol. The molecule has 1 heterocycles. The summed E-state index contributed by atoms with van der Waals surface area (Å²) in [4.78, 5) is 31.7. The van der Waals surface area contributed by atoms with Crippen LogP contribution in [0.25, 0.3) is 0 Å². The van der Waals surface area contributed by atoms with Gasteiger partial charge in [0, 0.05) is 23.0 Å². The quantitative estimate of drug-likeness (QED) is 0.255. The van der Waals surface area contributed by atoms with E-state index in [2.05, 4.69) is 6.92 Å². The highest BCUT2D eigenvalue weighted by Crippen LogP contribution is 2.29. The molecule has 0 atom stereocenters. The molecule has 1 fully saturated rings. The molecule has 1 saturated carbocycles. The van der Waals surface area contributed by atoms with Crippen molar-refractivity contribution in [1.82, 2.24) is 9.80 Å². The predicted octanol–water partition coefficient (Wildman–Crippen LogP) is 6.76. The average molecular weight is 507 g/mol. The molecule has 0 N–H and O–H groups in total. The summed E-state index contributed by atoms with van der Waals surface area (Å²) < 4.78 is 13.4. The first kappa shape index (κ1) is 26.1. The first-order valence-electron chi connectivity index (χ1n) is 12.9. The zero-order valence-corrected chi connectivity index (χ0v) is 22.0. The molecular formula is C30H35FN2O2S. The van der Waals surface area contributed by atoms with Crippen LogP contribution in [0.5, 0.6) is 0 Å². The van der Waals surface area contributed by atoms with Crippen molar-refractivity contribution in [1.29, 1.82) is 0 Å². The van der Waals surface area contributed by atoms with Gasteiger partial charge >= 0.3 is 0 Å². The van der Waals surface area contributed by atoms with Gasteiger partial charge in [-0.2, -0.15) is 0 Å². The number of carbonyl (C=O) groups is 2. The van der Waals surface area contributed by atoms with Crippen molar-refractivity contribution in [3.8, 4) is 0 Å². The number of carbonyl (C=O) groups excluding carboxylic acids is 2. The van der Waals surface area contributed by atoms with E-state index in [1.807, 2.05) is 42.6 Å². The molecule has 0 spiro atoms. The van der Waals surface area contributed by atoms with Gasteiger partial charge in [-0.3, -0.25) is 9.59 Å². The van der Waals surface area contributed by atoms with Crippen LogP contribution < -0.4 is 0 Å². The maximum atomic E-state index is 13.6. The Morgan fingerprint density at radius 3 is 2.25 bits per heavy atom. The summed E-state index contributed by atoms with van der Waals surface area (Å²) in [6.07, 6.45) is 6.42. The molecular weight excluding hydrogens is 471 g/mol. The molecule has 0 bridgehead atoms. The maximum absolute atomic E-state index is 13.6. The Morgan fingerprint density at radius 1 is 0.944 bits per heavy atom. The number of hydrogen-bond donors (Lipinski definition) is 0. The summed E-state index contributed by atoms with van der Waals surface area (Å²) in [5.74, 6) is -0.476. The normalized spacial score (nSPS) is 13.0.